The third-order valence-electron chi connectivity index (χ3n) is 5.13. The molecule has 1 fully saturated rings. The Morgan fingerprint density at radius 2 is 2.19 bits per heavy atom. The lowest BCUT2D eigenvalue weighted by molar-refractivity contribution is 0.0479. The zero-order chi connectivity index (χ0) is 19.2. The number of benzene rings is 1. The number of unbranched alkanes of at least 4 members (excludes halogenated alkanes) is 1. The first-order valence-electron chi connectivity index (χ1n) is 9.71. The van der Waals surface area contributed by atoms with Crippen molar-refractivity contribution in [1.29, 1.82) is 0 Å². The van der Waals surface area contributed by atoms with Crippen LogP contribution in [0.25, 0.3) is 0 Å². The molecule has 1 aromatic heterocycles. The van der Waals surface area contributed by atoms with Gasteiger partial charge in [0.1, 0.15) is 24.0 Å². The van der Waals surface area contributed by atoms with E-state index in [0.717, 1.165) is 44.5 Å². The Morgan fingerprint density at radius 1 is 1.33 bits per heavy atom. The van der Waals surface area contributed by atoms with Crippen molar-refractivity contribution in [3.63, 3.8) is 0 Å². The summed E-state index contributed by atoms with van der Waals surface area (Å²) in [5.41, 5.74) is 6.28. The standard InChI is InChI=1S/C20H29FN4O2/c1-3-4-10-25-20(14-8-9-18(26-2)17(22)11-14)23-19(24-25)13-27-16-7-5-6-15(21)12-16/h5-7,12,14,17-18H,3-4,8-11,13,22H2,1-2H3/t14-,17+,18+/m0/s1. The summed E-state index contributed by atoms with van der Waals surface area (Å²) in [6.45, 7) is 3.21. The molecule has 0 aliphatic heterocycles. The Morgan fingerprint density at radius 3 is 2.89 bits per heavy atom. The lowest BCUT2D eigenvalue weighted by Gasteiger charge is -2.32. The minimum absolute atomic E-state index is 0.0112. The summed E-state index contributed by atoms with van der Waals surface area (Å²) < 4.78 is 26.4. The number of nitrogens with two attached hydrogens (primary N) is 1. The zero-order valence-electron chi connectivity index (χ0n) is 16.1. The lowest BCUT2D eigenvalue weighted by atomic mass is 9.83. The van der Waals surface area contributed by atoms with E-state index in [1.165, 1.54) is 12.1 Å². The Hall–Kier alpha value is -1.99. The van der Waals surface area contributed by atoms with E-state index in [4.69, 9.17) is 20.2 Å². The predicted molar refractivity (Wildman–Crippen MR) is 101 cm³/mol. The van der Waals surface area contributed by atoms with Crippen molar-refractivity contribution in [2.75, 3.05) is 7.11 Å². The molecule has 0 amide bonds. The Labute approximate surface area is 159 Å². The molecule has 1 aromatic carbocycles. The number of hydrogen-bond donors (Lipinski definition) is 1. The molecule has 148 valence electrons. The molecule has 27 heavy (non-hydrogen) atoms. The SMILES string of the molecule is CCCCn1nc(COc2cccc(F)c2)nc1[C@H]1CC[C@@H](OC)[C@H](N)C1. The van der Waals surface area contributed by atoms with Gasteiger partial charge in [-0.2, -0.15) is 5.10 Å². The van der Waals surface area contributed by atoms with Crippen LogP contribution in [0.4, 0.5) is 4.39 Å². The molecule has 0 radical (unpaired) electrons. The Bertz CT molecular complexity index is 737. The van der Waals surface area contributed by atoms with E-state index in [1.54, 1.807) is 19.2 Å². The second kappa shape index (κ2) is 9.28. The maximum Gasteiger partial charge on any atom is 0.188 e. The average molecular weight is 376 g/mol. The van der Waals surface area contributed by atoms with Crippen LogP contribution in [0.3, 0.4) is 0 Å². The van der Waals surface area contributed by atoms with Crippen molar-refractivity contribution in [3.05, 3.63) is 41.7 Å². The molecule has 1 aliphatic carbocycles. The summed E-state index contributed by atoms with van der Waals surface area (Å²) in [5.74, 6) is 2.03. The monoisotopic (exact) mass is 376 g/mol. The highest BCUT2D eigenvalue weighted by Gasteiger charge is 2.31. The number of ether oxygens (including phenoxy) is 2. The lowest BCUT2D eigenvalue weighted by Crippen LogP contribution is -2.41. The van der Waals surface area contributed by atoms with Crippen molar-refractivity contribution in [1.82, 2.24) is 14.8 Å². The molecule has 2 aromatic rings. The Kier molecular flexibility index (Phi) is 6.79. The van der Waals surface area contributed by atoms with Crippen molar-refractivity contribution in [2.24, 2.45) is 5.73 Å². The maximum absolute atomic E-state index is 13.3. The van der Waals surface area contributed by atoms with Crippen molar-refractivity contribution >= 4 is 0 Å². The van der Waals surface area contributed by atoms with E-state index in [0.29, 0.717) is 11.6 Å². The highest BCUT2D eigenvalue weighted by atomic mass is 19.1. The normalized spacial score (nSPS) is 22.7. The molecular weight excluding hydrogens is 347 g/mol. The van der Waals surface area contributed by atoms with E-state index in [2.05, 4.69) is 12.0 Å². The van der Waals surface area contributed by atoms with Gasteiger partial charge in [-0.15, -0.1) is 0 Å². The fourth-order valence-electron chi connectivity index (χ4n) is 3.65. The van der Waals surface area contributed by atoms with Crippen molar-refractivity contribution in [3.8, 4) is 5.75 Å². The molecule has 3 atom stereocenters. The molecule has 1 heterocycles. The molecule has 7 heteroatoms. The first-order valence-corrected chi connectivity index (χ1v) is 9.71. The average Bonchev–Trinajstić information content (AvgIpc) is 3.08. The molecule has 0 unspecified atom stereocenters. The molecule has 0 saturated heterocycles. The topological polar surface area (TPSA) is 75.2 Å². The first-order chi connectivity index (χ1) is 13.1. The van der Waals surface area contributed by atoms with Gasteiger partial charge >= 0.3 is 0 Å². The van der Waals surface area contributed by atoms with Gasteiger partial charge in [0.25, 0.3) is 0 Å². The number of rotatable bonds is 8. The fourth-order valence-corrected chi connectivity index (χ4v) is 3.65. The van der Waals surface area contributed by atoms with Gasteiger partial charge < -0.3 is 15.2 Å². The molecular formula is C20H29FN4O2. The van der Waals surface area contributed by atoms with E-state index >= 15 is 0 Å². The summed E-state index contributed by atoms with van der Waals surface area (Å²) in [4.78, 5) is 4.75. The summed E-state index contributed by atoms with van der Waals surface area (Å²) in [7, 11) is 1.72. The van der Waals surface area contributed by atoms with Crippen molar-refractivity contribution in [2.45, 2.75) is 70.2 Å². The first kappa shape index (κ1) is 19.8. The maximum atomic E-state index is 13.3. The summed E-state index contributed by atoms with van der Waals surface area (Å²) in [6, 6.07) is 6.11. The van der Waals surface area contributed by atoms with Gasteiger partial charge in [-0.25, -0.2) is 14.1 Å². The minimum Gasteiger partial charge on any atom is -0.485 e. The molecule has 3 rings (SSSR count). The Balaban J connectivity index is 1.72. The number of halogens is 1. The minimum atomic E-state index is -0.321. The molecule has 1 aliphatic rings. The molecule has 0 spiro atoms. The second-order valence-electron chi connectivity index (χ2n) is 7.16. The van der Waals surface area contributed by atoms with Gasteiger partial charge in [0.15, 0.2) is 5.82 Å². The zero-order valence-corrected chi connectivity index (χ0v) is 16.1. The van der Waals surface area contributed by atoms with Crippen LogP contribution in [0.2, 0.25) is 0 Å². The van der Waals surface area contributed by atoms with Gasteiger partial charge in [0.05, 0.1) is 6.10 Å². The van der Waals surface area contributed by atoms with E-state index in [-0.39, 0.29) is 30.5 Å². The number of methoxy groups -OCH3 is 1. The molecule has 1 saturated carbocycles. The third kappa shape index (κ3) is 5.05. The highest BCUT2D eigenvalue weighted by molar-refractivity contribution is 5.22. The van der Waals surface area contributed by atoms with Crippen LogP contribution in [0, 0.1) is 5.82 Å². The van der Waals surface area contributed by atoms with Gasteiger partial charge in [0.2, 0.25) is 0 Å². The quantitative estimate of drug-likeness (QED) is 0.764. The van der Waals surface area contributed by atoms with Crippen LogP contribution in [0.5, 0.6) is 5.75 Å². The van der Waals surface area contributed by atoms with Crippen LogP contribution < -0.4 is 10.5 Å². The van der Waals surface area contributed by atoms with Gasteiger partial charge in [0, 0.05) is 31.7 Å². The molecule has 0 bridgehead atoms. The summed E-state index contributed by atoms with van der Waals surface area (Å²) in [6.07, 6.45) is 5.00. The number of hydrogen-bond acceptors (Lipinski definition) is 5. The number of aryl methyl sites for hydroxylation is 1. The van der Waals surface area contributed by atoms with Crippen LogP contribution >= 0.6 is 0 Å². The largest absolute Gasteiger partial charge is 0.485 e. The predicted octanol–water partition coefficient (Wildman–Crippen LogP) is 3.41. The fraction of sp³-hybridized carbons (Fsp3) is 0.600. The number of nitrogens with zero attached hydrogens (tertiary/aromatic N) is 3. The van der Waals surface area contributed by atoms with Crippen LogP contribution in [0.15, 0.2) is 24.3 Å². The van der Waals surface area contributed by atoms with E-state index in [9.17, 15) is 4.39 Å². The molecule has 6 nitrogen and oxygen atoms in total. The number of aromatic nitrogens is 3. The smallest absolute Gasteiger partial charge is 0.188 e. The summed E-state index contributed by atoms with van der Waals surface area (Å²) in [5, 5.41) is 4.64. The third-order valence-corrected chi connectivity index (χ3v) is 5.13. The van der Waals surface area contributed by atoms with Gasteiger partial charge in [-0.05, 0) is 37.8 Å². The summed E-state index contributed by atoms with van der Waals surface area (Å²) >= 11 is 0. The van der Waals surface area contributed by atoms with Crippen LogP contribution in [-0.2, 0) is 17.9 Å². The van der Waals surface area contributed by atoms with Gasteiger partial charge in [-0.3, -0.25) is 0 Å². The van der Waals surface area contributed by atoms with Crippen LogP contribution in [0.1, 0.15) is 56.6 Å². The molecule has 2 N–H and O–H groups in total. The van der Waals surface area contributed by atoms with E-state index < -0.39 is 0 Å². The second-order valence-corrected chi connectivity index (χ2v) is 7.16. The van der Waals surface area contributed by atoms with Crippen LogP contribution in [-0.4, -0.2) is 34.0 Å². The highest BCUT2D eigenvalue weighted by Crippen LogP contribution is 2.32. The van der Waals surface area contributed by atoms with E-state index in [1.807, 2.05) is 4.68 Å². The van der Waals surface area contributed by atoms with Gasteiger partial charge in [-0.1, -0.05) is 19.4 Å². The van der Waals surface area contributed by atoms with Crippen molar-refractivity contribution < 1.29 is 13.9 Å².